The summed E-state index contributed by atoms with van der Waals surface area (Å²) in [5.41, 5.74) is 2.13. The number of carbonyl (C=O) groups excluding carboxylic acids is 1. The smallest absolute Gasteiger partial charge is 0.243 e. The largest absolute Gasteiger partial charge is 0.497 e. The minimum Gasteiger partial charge on any atom is -0.497 e. The van der Waals surface area contributed by atoms with Crippen molar-refractivity contribution in [2.45, 2.75) is 24.7 Å². The van der Waals surface area contributed by atoms with E-state index in [-0.39, 0.29) is 18.4 Å². The lowest BCUT2D eigenvalue weighted by Gasteiger charge is -2.39. The number of piperazine rings is 1. The van der Waals surface area contributed by atoms with E-state index in [9.17, 15) is 13.2 Å². The molecular formula is C24H31N3O4S. The number of aryl methyl sites for hydroxylation is 1. The molecule has 2 fully saturated rings. The molecule has 0 bridgehead atoms. The standard InChI is InChI=1S/C24H31N3O4S/c1-19-5-11-23(12-6-19)32(29,30)27-13-3-4-20(18-27)24(28)26-16-14-25(15-17-26)21-7-9-22(31-2)10-8-21/h5-12,20H,3-4,13-18H2,1-2H3/t20-/m1/s1. The number of amides is 1. The molecule has 0 radical (unpaired) electrons. The van der Waals surface area contributed by atoms with Gasteiger partial charge >= 0.3 is 0 Å². The fourth-order valence-corrected chi connectivity index (χ4v) is 5.98. The molecule has 0 aliphatic carbocycles. The van der Waals surface area contributed by atoms with Crippen molar-refractivity contribution in [2.24, 2.45) is 5.92 Å². The Morgan fingerprint density at radius 2 is 1.59 bits per heavy atom. The van der Waals surface area contributed by atoms with Crippen LogP contribution in [0.1, 0.15) is 18.4 Å². The first-order valence-electron chi connectivity index (χ1n) is 11.1. The van der Waals surface area contributed by atoms with E-state index in [1.807, 2.05) is 48.2 Å². The second-order valence-corrected chi connectivity index (χ2v) is 10.5. The van der Waals surface area contributed by atoms with Gasteiger partial charge in [-0.25, -0.2) is 8.42 Å². The average Bonchev–Trinajstić information content (AvgIpc) is 2.84. The van der Waals surface area contributed by atoms with Gasteiger partial charge < -0.3 is 14.5 Å². The van der Waals surface area contributed by atoms with Crippen molar-refractivity contribution in [3.05, 3.63) is 54.1 Å². The van der Waals surface area contributed by atoms with Gasteiger partial charge in [0.05, 0.1) is 17.9 Å². The molecule has 2 aliphatic heterocycles. The summed E-state index contributed by atoms with van der Waals surface area (Å²) in [5, 5.41) is 0. The van der Waals surface area contributed by atoms with Crippen LogP contribution < -0.4 is 9.64 Å². The molecule has 7 nitrogen and oxygen atoms in total. The van der Waals surface area contributed by atoms with E-state index in [2.05, 4.69) is 4.90 Å². The zero-order valence-corrected chi connectivity index (χ0v) is 19.6. The maximum absolute atomic E-state index is 13.2. The SMILES string of the molecule is COc1ccc(N2CCN(C(=O)[C@@H]3CCCN(S(=O)(=O)c4ccc(C)cc4)C3)CC2)cc1. The number of sulfonamides is 1. The number of hydrogen-bond donors (Lipinski definition) is 0. The van der Waals surface area contributed by atoms with Crippen LogP contribution in [0.25, 0.3) is 0 Å². The van der Waals surface area contributed by atoms with Crippen LogP contribution in [-0.4, -0.2) is 69.9 Å². The summed E-state index contributed by atoms with van der Waals surface area (Å²) in [5.74, 6) is 0.615. The molecule has 2 aromatic rings. The normalized spacial score (nSPS) is 20.2. The number of piperidine rings is 1. The third-order valence-corrected chi connectivity index (χ3v) is 8.30. The molecule has 0 saturated carbocycles. The lowest BCUT2D eigenvalue weighted by Crippen LogP contribution is -2.53. The highest BCUT2D eigenvalue weighted by Crippen LogP contribution is 2.26. The Morgan fingerprint density at radius 3 is 2.22 bits per heavy atom. The molecule has 1 amide bonds. The molecular weight excluding hydrogens is 426 g/mol. The zero-order valence-electron chi connectivity index (χ0n) is 18.7. The number of benzene rings is 2. The van der Waals surface area contributed by atoms with Crippen LogP contribution in [0.4, 0.5) is 5.69 Å². The number of ether oxygens (including phenoxy) is 1. The van der Waals surface area contributed by atoms with Crippen molar-refractivity contribution in [3.8, 4) is 5.75 Å². The van der Waals surface area contributed by atoms with E-state index in [1.54, 1.807) is 19.2 Å². The number of carbonyl (C=O) groups is 1. The van der Waals surface area contributed by atoms with E-state index in [4.69, 9.17) is 4.74 Å². The van der Waals surface area contributed by atoms with Crippen molar-refractivity contribution >= 4 is 21.6 Å². The molecule has 4 rings (SSSR count). The lowest BCUT2D eigenvalue weighted by atomic mass is 9.97. The van der Waals surface area contributed by atoms with Crippen molar-refractivity contribution in [3.63, 3.8) is 0 Å². The van der Waals surface area contributed by atoms with Crippen molar-refractivity contribution in [1.29, 1.82) is 0 Å². The summed E-state index contributed by atoms with van der Waals surface area (Å²) < 4.78 is 32.9. The minimum absolute atomic E-state index is 0.0724. The van der Waals surface area contributed by atoms with Gasteiger partial charge in [0.1, 0.15) is 5.75 Å². The molecule has 1 atom stereocenters. The van der Waals surface area contributed by atoms with Crippen molar-refractivity contribution in [1.82, 2.24) is 9.21 Å². The number of anilines is 1. The van der Waals surface area contributed by atoms with Gasteiger partial charge in [-0.2, -0.15) is 4.31 Å². The van der Waals surface area contributed by atoms with E-state index in [0.29, 0.717) is 31.0 Å². The molecule has 0 spiro atoms. The van der Waals surface area contributed by atoms with Gasteiger partial charge in [-0.1, -0.05) is 17.7 Å². The first-order chi connectivity index (χ1) is 15.4. The summed E-state index contributed by atoms with van der Waals surface area (Å²) in [6.07, 6.45) is 1.44. The molecule has 172 valence electrons. The molecule has 0 N–H and O–H groups in total. The second-order valence-electron chi connectivity index (χ2n) is 8.53. The Morgan fingerprint density at radius 1 is 0.938 bits per heavy atom. The molecule has 2 aromatic carbocycles. The van der Waals surface area contributed by atoms with Crippen LogP contribution in [0.3, 0.4) is 0 Å². The number of hydrogen-bond acceptors (Lipinski definition) is 5. The first kappa shape index (κ1) is 22.6. The Bertz CT molecular complexity index is 1030. The van der Waals surface area contributed by atoms with Crippen molar-refractivity contribution < 1.29 is 17.9 Å². The highest BCUT2D eigenvalue weighted by Gasteiger charge is 2.35. The third kappa shape index (κ3) is 4.76. The third-order valence-electron chi connectivity index (χ3n) is 6.42. The molecule has 0 aromatic heterocycles. The molecule has 0 unspecified atom stereocenters. The summed E-state index contributed by atoms with van der Waals surface area (Å²) in [6.45, 7) is 5.46. The molecule has 8 heteroatoms. The molecule has 2 aliphatic rings. The quantitative estimate of drug-likeness (QED) is 0.691. The van der Waals surface area contributed by atoms with Crippen LogP contribution in [0.15, 0.2) is 53.4 Å². The van der Waals surface area contributed by atoms with Gasteiger partial charge in [-0.3, -0.25) is 4.79 Å². The van der Waals surface area contributed by atoms with Crippen LogP contribution in [0.2, 0.25) is 0 Å². The maximum Gasteiger partial charge on any atom is 0.243 e. The molecule has 32 heavy (non-hydrogen) atoms. The van der Waals surface area contributed by atoms with Crippen molar-refractivity contribution in [2.75, 3.05) is 51.3 Å². The second kappa shape index (κ2) is 9.50. The van der Waals surface area contributed by atoms with E-state index >= 15 is 0 Å². The zero-order chi connectivity index (χ0) is 22.7. The van der Waals surface area contributed by atoms with Crippen LogP contribution in [0, 0.1) is 12.8 Å². The highest BCUT2D eigenvalue weighted by molar-refractivity contribution is 7.89. The van der Waals surface area contributed by atoms with Gasteiger partial charge in [0.25, 0.3) is 0 Å². The Balaban J connectivity index is 1.36. The average molecular weight is 458 g/mol. The van der Waals surface area contributed by atoms with Crippen LogP contribution in [-0.2, 0) is 14.8 Å². The van der Waals surface area contributed by atoms with Gasteiger partial charge in [0, 0.05) is 45.0 Å². The molecule has 2 heterocycles. The van der Waals surface area contributed by atoms with Gasteiger partial charge in [0.2, 0.25) is 15.9 Å². The van der Waals surface area contributed by atoms with Crippen LogP contribution in [0.5, 0.6) is 5.75 Å². The lowest BCUT2D eigenvalue weighted by molar-refractivity contribution is -0.137. The van der Waals surface area contributed by atoms with E-state index in [1.165, 1.54) is 4.31 Å². The fraction of sp³-hybridized carbons (Fsp3) is 0.458. The highest BCUT2D eigenvalue weighted by atomic mass is 32.2. The maximum atomic E-state index is 13.2. The molecule has 2 saturated heterocycles. The summed E-state index contributed by atoms with van der Waals surface area (Å²) in [6, 6.07) is 14.9. The topological polar surface area (TPSA) is 70.2 Å². The van der Waals surface area contributed by atoms with Gasteiger partial charge in [0.15, 0.2) is 0 Å². The predicted octanol–water partition coefficient (Wildman–Crippen LogP) is 2.75. The monoisotopic (exact) mass is 457 g/mol. The Hall–Kier alpha value is -2.58. The number of nitrogens with zero attached hydrogens (tertiary/aromatic N) is 3. The minimum atomic E-state index is -3.58. The first-order valence-corrected chi connectivity index (χ1v) is 12.6. The Kier molecular flexibility index (Phi) is 6.71. The van der Waals surface area contributed by atoms with E-state index < -0.39 is 10.0 Å². The fourth-order valence-electron chi connectivity index (χ4n) is 4.46. The predicted molar refractivity (Wildman–Crippen MR) is 124 cm³/mol. The number of methoxy groups -OCH3 is 1. The number of rotatable bonds is 5. The van der Waals surface area contributed by atoms with Crippen LogP contribution >= 0.6 is 0 Å². The van der Waals surface area contributed by atoms with Gasteiger partial charge in [-0.05, 0) is 56.2 Å². The summed E-state index contributed by atoms with van der Waals surface area (Å²) >= 11 is 0. The summed E-state index contributed by atoms with van der Waals surface area (Å²) in [4.78, 5) is 17.7. The van der Waals surface area contributed by atoms with Gasteiger partial charge in [-0.15, -0.1) is 0 Å². The summed E-state index contributed by atoms with van der Waals surface area (Å²) in [7, 11) is -1.93. The van der Waals surface area contributed by atoms with E-state index in [0.717, 1.165) is 36.5 Å². The Labute approximate surface area is 190 Å².